The van der Waals surface area contributed by atoms with E-state index in [1.54, 1.807) is 0 Å². The lowest BCUT2D eigenvalue weighted by Crippen LogP contribution is -2.68. The highest BCUT2D eigenvalue weighted by molar-refractivity contribution is 5.29. The van der Waals surface area contributed by atoms with Gasteiger partial charge in [0.1, 0.15) is 133 Å². The minimum absolute atomic E-state index is 0.118. The number of hydrogen-bond acceptors (Lipinski definition) is 28. The summed E-state index contributed by atoms with van der Waals surface area (Å²) in [6.45, 7) is 4.78. The van der Waals surface area contributed by atoms with Crippen molar-refractivity contribution >= 4 is 0 Å². The molecule has 10 aliphatic rings. The molecule has 10 rings (SSSR count). The molecule has 28 heteroatoms. The van der Waals surface area contributed by atoms with Gasteiger partial charge in [0.05, 0.1) is 45.7 Å². The molecule has 0 amide bonds. The zero-order valence-electron chi connectivity index (χ0n) is 47.5. The highest BCUT2D eigenvalue weighted by atomic mass is 16.8. The van der Waals surface area contributed by atoms with Crippen LogP contribution >= 0.6 is 0 Å². The molecule has 0 aromatic heterocycles. The van der Waals surface area contributed by atoms with E-state index in [0.29, 0.717) is 36.9 Å². The summed E-state index contributed by atoms with van der Waals surface area (Å²) in [5.41, 5.74) is -0.461. The monoisotopic (exact) mass is 1210 g/mol. The lowest BCUT2D eigenvalue weighted by molar-refractivity contribution is -0.403. The SMILES string of the molecule is C[C@@H](C/C=C1\O[C@H]2C[C@H]3[C@@H]4CC=C5C[C@@H](O[C@@H]6O[C@H](CO)[C@H](O[C@@H]7O[C@H](CO)[C@@H](O)[C@H](O[C@@H]8OC[C@@H](O)C(O)[C@H]8O)[C@H]7O[C@@H]7O[C@H](CO)[C@@H](O)[C@H](O)[C@H]7O)[C@H](O)[C@H]6O)CC[C@]5(C)[C@H]4CC[C@]3(C)[C@H]2[C@]1(C)O)CO[C@@H]1O[C@H](CO)[C@@H](O)[C@H](O)[C@H]1O. The van der Waals surface area contributed by atoms with Gasteiger partial charge in [-0.25, -0.2) is 0 Å². The third kappa shape index (κ3) is 11.8. The Kier molecular flexibility index (Phi) is 20.0. The molecule has 3 saturated carbocycles. The number of rotatable bonds is 17. The minimum atomic E-state index is -2.03. The van der Waals surface area contributed by atoms with Crippen molar-refractivity contribution in [3.8, 4) is 0 Å². The van der Waals surface area contributed by atoms with Crippen molar-refractivity contribution in [3.63, 3.8) is 0 Å². The molecule has 0 bridgehead atoms. The Labute approximate surface area is 485 Å². The van der Waals surface area contributed by atoms with Crippen molar-refractivity contribution < 1.29 is 139 Å². The number of allylic oxidation sites excluding steroid dienone is 2. The van der Waals surface area contributed by atoms with Gasteiger partial charge in [0, 0.05) is 5.92 Å². The summed E-state index contributed by atoms with van der Waals surface area (Å²) in [6.07, 6.45) is -31.5. The molecule has 84 heavy (non-hydrogen) atoms. The summed E-state index contributed by atoms with van der Waals surface area (Å²) in [4.78, 5) is 0. The smallest absolute Gasteiger partial charge is 0.187 e. The van der Waals surface area contributed by atoms with E-state index in [0.717, 1.165) is 32.1 Å². The van der Waals surface area contributed by atoms with Crippen LogP contribution in [0, 0.1) is 40.4 Å². The molecule has 6 aliphatic heterocycles. The summed E-state index contributed by atoms with van der Waals surface area (Å²) >= 11 is 0. The van der Waals surface area contributed by atoms with Crippen LogP contribution in [0.25, 0.3) is 0 Å². The summed E-state index contributed by atoms with van der Waals surface area (Å²) in [7, 11) is 0. The van der Waals surface area contributed by atoms with Crippen molar-refractivity contribution in [2.24, 2.45) is 40.4 Å². The van der Waals surface area contributed by atoms with E-state index in [4.69, 9.17) is 52.1 Å². The zero-order valence-corrected chi connectivity index (χ0v) is 47.5. The van der Waals surface area contributed by atoms with Gasteiger partial charge in [-0.3, -0.25) is 0 Å². The van der Waals surface area contributed by atoms with E-state index in [-0.39, 0.29) is 41.3 Å². The maximum Gasteiger partial charge on any atom is 0.187 e. The first-order valence-corrected chi connectivity index (χ1v) is 29.7. The van der Waals surface area contributed by atoms with Gasteiger partial charge in [-0.1, -0.05) is 32.4 Å². The highest BCUT2D eigenvalue weighted by Crippen LogP contribution is 2.70. The van der Waals surface area contributed by atoms with Gasteiger partial charge in [0.25, 0.3) is 0 Å². The van der Waals surface area contributed by atoms with Crippen molar-refractivity contribution in [3.05, 3.63) is 23.5 Å². The van der Waals surface area contributed by atoms with Crippen LogP contribution in [0.5, 0.6) is 0 Å². The fourth-order valence-corrected chi connectivity index (χ4v) is 15.9. The maximum atomic E-state index is 12.4. The zero-order chi connectivity index (χ0) is 60.6. The lowest BCUT2D eigenvalue weighted by Gasteiger charge is -2.58. The molecule has 0 radical (unpaired) electrons. The quantitative estimate of drug-likeness (QED) is 0.0604. The molecule has 17 N–H and O–H groups in total. The number of aliphatic hydroxyl groups is 17. The maximum absolute atomic E-state index is 12.4. The second-order valence-electron chi connectivity index (χ2n) is 25.9. The first kappa shape index (κ1) is 65.2. The van der Waals surface area contributed by atoms with Gasteiger partial charge in [0.2, 0.25) is 0 Å². The Bertz CT molecular complexity index is 2260. The number of hydrogen-bond donors (Lipinski definition) is 17. The summed E-state index contributed by atoms with van der Waals surface area (Å²) in [5, 5.41) is 182. The van der Waals surface area contributed by atoms with Crippen molar-refractivity contribution in [2.45, 2.75) is 244 Å². The molecule has 0 aromatic rings. The average molecular weight is 1210 g/mol. The van der Waals surface area contributed by atoms with E-state index >= 15 is 0 Å². The molecule has 28 nitrogen and oxygen atoms in total. The van der Waals surface area contributed by atoms with Crippen molar-refractivity contribution in [2.75, 3.05) is 39.6 Å². The molecule has 6 heterocycles. The van der Waals surface area contributed by atoms with E-state index in [2.05, 4.69) is 19.9 Å². The van der Waals surface area contributed by atoms with E-state index in [1.165, 1.54) is 5.57 Å². The number of ether oxygens (including phenoxy) is 11. The van der Waals surface area contributed by atoms with Gasteiger partial charge in [-0.2, -0.15) is 0 Å². The van der Waals surface area contributed by atoms with Crippen LogP contribution in [-0.4, -0.2) is 292 Å². The first-order valence-electron chi connectivity index (χ1n) is 29.7. The third-order valence-electron chi connectivity index (χ3n) is 20.7. The molecule has 0 aromatic carbocycles. The van der Waals surface area contributed by atoms with Crippen molar-refractivity contribution in [1.82, 2.24) is 0 Å². The van der Waals surface area contributed by atoms with Crippen LogP contribution in [0.3, 0.4) is 0 Å². The molecule has 9 fully saturated rings. The first-order chi connectivity index (χ1) is 39.8. The fraction of sp³-hybridized carbons (Fsp3) is 0.929. The summed E-state index contributed by atoms with van der Waals surface area (Å²) in [5.74, 6) is 1.14. The molecule has 34 atom stereocenters. The van der Waals surface area contributed by atoms with Gasteiger partial charge < -0.3 is 139 Å². The molecule has 0 spiro atoms. The average Bonchev–Trinajstić information content (AvgIpc) is 2.08. The van der Waals surface area contributed by atoms with Crippen LogP contribution in [0.1, 0.15) is 79.1 Å². The standard InChI is InChI=1S/C56H90O28/c1-21(19-74-49-42(70)38(66)35(63)29(15-57)78-49)5-8-33-56(4,73)48-28(77-33)14-26-24-7-6-22-13-23(9-11-54(22,2)25(24)10-12-55(26,48)3)76-51-44(72)40(68)45(32(18-60)81-51)82-53-47(84-52-43(71)39(67)36(64)30(16-58)79-52)46(37(65)31(17-59)80-53)83-50-41(69)34(62)27(61)20-75-50/h6,8,21,23-32,34-53,57-73H,5,7,9-20H2,1-4H3/b33-8-/t21-,23-,24+,25-,26-,27+,28-,29+,30+,31+,32+,34?,35+,36+,37+,38-,39-,40+,41+,42+,43+,44+,45-,46-,47+,48-,49+,50-,51+,52-,53-,54-,55-,56+/m0/s1. The predicted molar refractivity (Wildman–Crippen MR) is 278 cm³/mol. The highest BCUT2D eigenvalue weighted by Gasteiger charge is 2.69. The molecular weight excluding hydrogens is 1120 g/mol. The van der Waals surface area contributed by atoms with Gasteiger partial charge >= 0.3 is 0 Å². The van der Waals surface area contributed by atoms with E-state index in [1.807, 2.05) is 19.9 Å². The summed E-state index contributed by atoms with van der Waals surface area (Å²) in [6, 6.07) is 0. The predicted octanol–water partition coefficient (Wildman–Crippen LogP) is -5.65. The van der Waals surface area contributed by atoms with Crippen LogP contribution < -0.4 is 0 Å². The van der Waals surface area contributed by atoms with Crippen LogP contribution in [-0.2, 0) is 52.1 Å². The van der Waals surface area contributed by atoms with Gasteiger partial charge in [0.15, 0.2) is 31.5 Å². The largest absolute Gasteiger partial charge is 0.492 e. The van der Waals surface area contributed by atoms with Crippen molar-refractivity contribution in [1.29, 1.82) is 0 Å². The number of fused-ring (bicyclic) bond motifs is 7. The minimum Gasteiger partial charge on any atom is -0.492 e. The molecular formula is C56H90O28. The second kappa shape index (κ2) is 25.8. The Balaban J connectivity index is 0.782. The van der Waals surface area contributed by atoms with E-state index < -0.39 is 192 Å². The fourth-order valence-electron chi connectivity index (χ4n) is 15.9. The normalized spacial score (nSPS) is 54.0. The Morgan fingerprint density at radius 3 is 1.81 bits per heavy atom. The van der Waals surface area contributed by atoms with Crippen LogP contribution in [0.4, 0.5) is 0 Å². The molecule has 6 saturated heterocycles. The molecule has 1 unspecified atom stereocenters. The summed E-state index contributed by atoms with van der Waals surface area (Å²) < 4.78 is 65.7. The molecule has 482 valence electrons. The molecule has 4 aliphatic carbocycles. The third-order valence-corrected chi connectivity index (χ3v) is 20.7. The van der Waals surface area contributed by atoms with Crippen LogP contribution in [0.2, 0.25) is 0 Å². The number of aliphatic hydroxyl groups excluding tert-OH is 16. The van der Waals surface area contributed by atoms with Gasteiger partial charge in [-0.15, -0.1) is 0 Å². The Morgan fingerprint density at radius 2 is 1.14 bits per heavy atom. The second-order valence-corrected chi connectivity index (χ2v) is 25.9. The lowest BCUT2D eigenvalue weighted by atomic mass is 9.46. The van der Waals surface area contributed by atoms with E-state index in [9.17, 15) is 86.8 Å². The Morgan fingerprint density at radius 1 is 0.583 bits per heavy atom. The van der Waals surface area contributed by atoms with Gasteiger partial charge in [-0.05, 0) is 98.9 Å². The Hall–Kier alpha value is -1.80. The van der Waals surface area contributed by atoms with Crippen LogP contribution in [0.15, 0.2) is 23.5 Å². The topological polar surface area (TPSA) is 445 Å².